The van der Waals surface area contributed by atoms with E-state index in [0.717, 1.165) is 21.3 Å². The Morgan fingerprint density at radius 1 is 1.15 bits per heavy atom. The van der Waals surface area contributed by atoms with Crippen molar-refractivity contribution >= 4 is 38.1 Å². The lowest BCUT2D eigenvalue weighted by Crippen LogP contribution is -2.24. The highest BCUT2D eigenvalue weighted by atomic mass is 32.1. The minimum Gasteiger partial charge on any atom is -0.300 e. The Bertz CT molecular complexity index is 1200. The van der Waals surface area contributed by atoms with E-state index in [2.05, 4.69) is 29.2 Å². The predicted octanol–water partition coefficient (Wildman–Crippen LogP) is 4.57. The molecule has 5 heteroatoms. The standard InChI is InChI=1S/C21H18N2O2S/c1-13(24)9-10-23-14(2)22-20-19(21(23)25)18(12-26-20)17-8-7-15-5-3-4-6-16(15)11-17/h3-8,11-12H,9-10H2,1-2H3. The number of fused-ring (bicyclic) bond motifs is 2. The Kier molecular flexibility index (Phi) is 4.17. The van der Waals surface area contributed by atoms with Crippen LogP contribution in [0.4, 0.5) is 0 Å². The molecule has 0 aliphatic heterocycles. The SMILES string of the molecule is CC(=O)CCn1c(C)nc2scc(-c3ccc4ccccc4c3)c2c1=O. The molecule has 0 bridgehead atoms. The number of carbonyl (C=O) groups is 1. The number of Topliss-reactive ketones (excluding diaryl/α,β-unsaturated/α-hetero) is 1. The van der Waals surface area contributed by atoms with E-state index in [0.29, 0.717) is 24.2 Å². The summed E-state index contributed by atoms with van der Waals surface area (Å²) in [6.07, 6.45) is 0.337. The van der Waals surface area contributed by atoms with Gasteiger partial charge in [-0.2, -0.15) is 0 Å². The molecule has 0 aliphatic carbocycles. The Morgan fingerprint density at radius 2 is 1.92 bits per heavy atom. The van der Waals surface area contributed by atoms with Crippen molar-refractivity contribution in [3.63, 3.8) is 0 Å². The molecule has 0 N–H and O–H groups in total. The molecular weight excluding hydrogens is 344 g/mol. The van der Waals surface area contributed by atoms with Crippen molar-refractivity contribution in [3.8, 4) is 11.1 Å². The molecule has 0 fully saturated rings. The molecule has 0 spiro atoms. The summed E-state index contributed by atoms with van der Waals surface area (Å²) in [7, 11) is 0. The molecule has 0 radical (unpaired) electrons. The number of aryl methyl sites for hydroxylation is 1. The molecule has 4 aromatic rings. The summed E-state index contributed by atoms with van der Waals surface area (Å²) in [6.45, 7) is 3.73. The fourth-order valence-electron chi connectivity index (χ4n) is 3.23. The fourth-order valence-corrected chi connectivity index (χ4v) is 4.21. The van der Waals surface area contributed by atoms with Crippen molar-refractivity contribution < 1.29 is 4.79 Å². The molecule has 0 saturated carbocycles. The number of hydrogen-bond donors (Lipinski definition) is 0. The van der Waals surface area contributed by atoms with Crippen LogP contribution in [-0.4, -0.2) is 15.3 Å². The molecule has 26 heavy (non-hydrogen) atoms. The summed E-state index contributed by atoms with van der Waals surface area (Å²) < 4.78 is 1.61. The first kappa shape index (κ1) is 16.7. The van der Waals surface area contributed by atoms with Gasteiger partial charge in [0.2, 0.25) is 0 Å². The number of ketones is 1. The fraction of sp³-hybridized carbons (Fsp3) is 0.190. The third-order valence-electron chi connectivity index (χ3n) is 4.63. The summed E-state index contributed by atoms with van der Waals surface area (Å²) >= 11 is 1.48. The molecule has 130 valence electrons. The van der Waals surface area contributed by atoms with Crippen LogP contribution in [0.3, 0.4) is 0 Å². The maximum Gasteiger partial charge on any atom is 0.262 e. The van der Waals surface area contributed by atoms with Gasteiger partial charge >= 0.3 is 0 Å². The van der Waals surface area contributed by atoms with Crippen LogP contribution in [0.25, 0.3) is 32.1 Å². The van der Waals surface area contributed by atoms with Gasteiger partial charge in [-0.3, -0.25) is 14.2 Å². The number of hydrogen-bond acceptors (Lipinski definition) is 4. The largest absolute Gasteiger partial charge is 0.300 e. The zero-order valence-corrected chi connectivity index (χ0v) is 15.5. The molecule has 0 saturated heterocycles. The number of thiophene rings is 1. The van der Waals surface area contributed by atoms with Gasteiger partial charge in [-0.25, -0.2) is 4.98 Å². The van der Waals surface area contributed by atoms with Crippen LogP contribution in [0.5, 0.6) is 0 Å². The van der Waals surface area contributed by atoms with Crippen LogP contribution in [0.2, 0.25) is 0 Å². The third kappa shape index (κ3) is 2.84. The number of benzene rings is 2. The quantitative estimate of drug-likeness (QED) is 0.534. The van der Waals surface area contributed by atoms with Crippen LogP contribution >= 0.6 is 11.3 Å². The lowest BCUT2D eigenvalue weighted by molar-refractivity contribution is -0.117. The number of rotatable bonds is 4. The van der Waals surface area contributed by atoms with Gasteiger partial charge in [0.25, 0.3) is 5.56 Å². The molecule has 2 heterocycles. The average molecular weight is 362 g/mol. The first-order valence-electron chi connectivity index (χ1n) is 8.52. The smallest absolute Gasteiger partial charge is 0.262 e. The predicted molar refractivity (Wildman–Crippen MR) is 107 cm³/mol. The van der Waals surface area contributed by atoms with Gasteiger partial charge in [0.05, 0.1) is 5.39 Å². The maximum absolute atomic E-state index is 13.1. The molecule has 4 rings (SSSR count). The van der Waals surface area contributed by atoms with Gasteiger partial charge in [-0.05, 0) is 36.2 Å². The van der Waals surface area contributed by atoms with Gasteiger partial charge in [0, 0.05) is 23.9 Å². The van der Waals surface area contributed by atoms with E-state index in [1.807, 2.05) is 30.5 Å². The molecule has 4 nitrogen and oxygen atoms in total. The van der Waals surface area contributed by atoms with Crippen molar-refractivity contribution in [3.05, 3.63) is 64.0 Å². The van der Waals surface area contributed by atoms with Crippen LogP contribution in [0, 0.1) is 6.92 Å². The van der Waals surface area contributed by atoms with Crippen LogP contribution < -0.4 is 5.56 Å². The average Bonchev–Trinajstić information content (AvgIpc) is 3.04. The zero-order valence-electron chi connectivity index (χ0n) is 14.7. The van der Waals surface area contributed by atoms with Crippen LogP contribution in [0.1, 0.15) is 19.2 Å². The normalized spacial score (nSPS) is 11.3. The minimum atomic E-state index is -0.0711. The highest BCUT2D eigenvalue weighted by Crippen LogP contribution is 2.32. The second-order valence-electron chi connectivity index (χ2n) is 6.46. The molecule has 2 aromatic heterocycles. The molecule has 0 atom stereocenters. The van der Waals surface area contributed by atoms with E-state index in [1.54, 1.807) is 4.57 Å². The number of carbonyl (C=O) groups excluding carboxylic acids is 1. The van der Waals surface area contributed by atoms with Crippen LogP contribution in [0.15, 0.2) is 52.6 Å². The van der Waals surface area contributed by atoms with E-state index in [1.165, 1.54) is 23.6 Å². The second kappa shape index (κ2) is 6.50. The van der Waals surface area contributed by atoms with Crippen molar-refractivity contribution in [2.24, 2.45) is 0 Å². The highest BCUT2D eigenvalue weighted by molar-refractivity contribution is 7.17. The van der Waals surface area contributed by atoms with Gasteiger partial charge in [0.15, 0.2) is 0 Å². The summed E-state index contributed by atoms with van der Waals surface area (Å²) in [5.74, 6) is 0.715. The van der Waals surface area contributed by atoms with E-state index in [4.69, 9.17) is 0 Å². The first-order chi connectivity index (χ1) is 12.5. The van der Waals surface area contributed by atoms with E-state index in [-0.39, 0.29) is 11.3 Å². The number of aromatic nitrogens is 2. The summed E-state index contributed by atoms with van der Waals surface area (Å²) in [5, 5.41) is 4.95. The van der Waals surface area contributed by atoms with Crippen LogP contribution in [-0.2, 0) is 11.3 Å². The summed E-state index contributed by atoms with van der Waals surface area (Å²) in [4.78, 5) is 29.8. The van der Waals surface area contributed by atoms with Gasteiger partial charge in [0.1, 0.15) is 16.4 Å². The van der Waals surface area contributed by atoms with Crippen molar-refractivity contribution in [2.45, 2.75) is 26.8 Å². The maximum atomic E-state index is 13.1. The van der Waals surface area contributed by atoms with Crippen molar-refractivity contribution in [1.29, 1.82) is 0 Å². The zero-order chi connectivity index (χ0) is 18.3. The molecule has 2 aromatic carbocycles. The summed E-state index contributed by atoms with van der Waals surface area (Å²) in [5.41, 5.74) is 1.85. The molecular formula is C21H18N2O2S. The molecule has 0 aliphatic rings. The molecule has 0 unspecified atom stereocenters. The Morgan fingerprint density at radius 3 is 2.69 bits per heavy atom. The van der Waals surface area contributed by atoms with Gasteiger partial charge < -0.3 is 0 Å². The van der Waals surface area contributed by atoms with E-state index >= 15 is 0 Å². The Hall–Kier alpha value is -2.79. The lowest BCUT2D eigenvalue weighted by atomic mass is 10.0. The minimum absolute atomic E-state index is 0.0662. The van der Waals surface area contributed by atoms with Crippen molar-refractivity contribution in [1.82, 2.24) is 9.55 Å². The third-order valence-corrected chi connectivity index (χ3v) is 5.50. The Labute approximate surface area is 154 Å². The lowest BCUT2D eigenvalue weighted by Gasteiger charge is -2.09. The topological polar surface area (TPSA) is 52.0 Å². The number of nitrogens with zero attached hydrogens (tertiary/aromatic N) is 2. The second-order valence-corrected chi connectivity index (χ2v) is 7.32. The van der Waals surface area contributed by atoms with E-state index < -0.39 is 0 Å². The van der Waals surface area contributed by atoms with Gasteiger partial charge in [-0.1, -0.05) is 36.4 Å². The van der Waals surface area contributed by atoms with Crippen molar-refractivity contribution in [2.75, 3.05) is 0 Å². The van der Waals surface area contributed by atoms with E-state index in [9.17, 15) is 9.59 Å². The molecule has 0 amide bonds. The monoisotopic (exact) mass is 362 g/mol. The van der Waals surface area contributed by atoms with Gasteiger partial charge in [-0.15, -0.1) is 11.3 Å². The summed E-state index contributed by atoms with van der Waals surface area (Å²) in [6, 6.07) is 14.4. The highest BCUT2D eigenvalue weighted by Gasteiger charge is 2.16. The first-order valence-corrected chi connectivity index (χ1v) is 9.40. The Balaban J connectivity index is 1.91.